The van der Waals surface area contributed by atoms with Crippen molar-refractivity contribution in [1.82, 2.24) is 15.1 Å². The summed E-state index contributed by atoms with van der Waals surface area (Å²) in [5.74, 6) is 0.186. The van der Waals surface area contributed by atoms with Crippen LogP contribution in [-0.4, -0.2) is 53.1 Å². The van der Waals surface area contributed by atoms with Crippen molar-refractivity contribution in [3.8, 4) is 0 Å². The van der Waals surface area contributed by atoms with Crippen LogP contribution < -0.4 is 5.32 Å². The second-order valence-corrected chi connectivity index (χ2v) is 5.35. The molecule has 2 fully saturated rings. The molecule has 0 bridgehead atoms. The first kappa shape index (κ1) is 10.9. The number of rotatable bonds is 1. The van der Waals surface area contributed by atoms with Gasteiger partial charge in [0.2, 0.25) is 5.91 Å². The van der Waals surface area contributed by atoms with Gasteiger partial charge < -0.3 is 5.32 Å². The quantitative estimate of drug-likeness (QED) is 0.675. The Kier molecular flexibility index (Phi) is 2.51. The van der Waals surface area contributed by atoms with Crippen LogP contribution in [-0.2, 0) is 4.79 Å². The minimum Gasteiger partial charge on any atom is -0.337 e. The Hall–Kier alpha value is -0.610. The summed E-state index contributed by atoms with van der Waals surface area (Å²) in [4.78, 5) is 16.5. The maximum absolute atomic E-state index is 11.8. The Morgan fingerprint density at radius 1 is 1.40 bits per heavy atom. The number of hydrogen-bond donors (Lipinski definition) is 1. The van der Waals surface area contributed by atoms with E-state index in [1.165, 1.54) is 0 Å². The number of fused-ring (bicyclic) bond motifs is 1. The van der Waals surface area contributed by atoms with Crippen LogP contribution in [0.2, 0.25) is 0 Å². The van der Waals surface area contributed by atoms with E-state index in [1.54, 1.807) is 0 Å². The van der Waals surface area contributed by atoms with Crippen LogP contribution in [0.1, 0.15) is 27.7 Å². The second kappa shape index (κ2) is 3.46. The van der Waals surface area contributed by atoms with E-state index in [2.05, 4.69) is 42.8 Å². The van der Waals surface area contributed by atoms with Crippen molar-refractivity contribution < 1.29 is 4.79 Å². The molecule has 1 amide bonds. The van der Waals surface area contributed by atoms with Crippen LogP contribution in [0.3, 0.4) is 0 Å². The molecule has 1 N–H and O–H groups in total. The van der Waals surface area contributed by atoms with Crippen molar-refractivity contribution in [2.24, 2.45) is 0 Å². The lowest BCUT2D eigenvalue weighted by Crippen LogP contribution is -2.58. The summed E-state index contributed by atoms with van der Waals surface area (Å²) in [7, 11) is 0. The SMILES string of the molecule is CC(C)N1CCN2C(C1)C(=O)NC2(C)C. The van der Waals surface area contributed by atoms with E-state index in [0.717, 1.165) is 19.6 Å². The summed E-state index contributed by atoms with van der Waals surface area (Å²) in [6.07, 6.45) is 0. The first-order valence-electron chi connectivity index (χ1n) is 5.74. The zero-order chi connectivity index (χ0) is 11.2. The van der Waals surface area contributed by atoms with Gasteiger partial charge in [0.1, 0.15) is 6.04 Å². The lowest BCUT2D eigenvalue weighted by atomic mass is 10.1. The fourth-order valence-corrected chi connectivity index (χ4v) is 2.62. The largest absolute Gasteiger partial charge is 0.337 e. The molecule has 0 aromatic carbocycles. The molecule has 0 aromatic rings. The maximum Gasteiger partial charge on any atom is 0.240 e. The van der Waals surface area contributed by atoms with Crippen LogP contribution in [0.15, 0.2) is 0 Å². The van der Waals surface area contributed by atoms with Gasteiger partial charge in [0, 0.05) is 25.7 Å². The normalized spacial score (nSPS) is 31.8. The minimum atomic E-state index is -0.162. The molecule has 2 aliphatic heterocycles. The highest BCUT2D eigenvalue weighted by molar-refractivity contribution is 5.85. The van der Waals surface area contributed by atoms with E-state index < -0.39 is 0 Å². The number of piperazine rings is 1. The smallest absolute Gasteiger partial charge is 0.240 e. The maximum atomic E-state index is 11.8. The number of carbonyl (C=O) groups excluding carboxylic acids is 1. The first-order chi connectivity index (χ1) is 6.92. The standard InChI is InChI=1S/C11H21N3O/c1-8(2)13-5-6-14-9(7-13)10(15)12-11(14,3)4/h8-9H,5-7H2,1-4H3,(H,12,15). The van der Waals surface area contributed by atoms with Gasteiger partial charge >= 0.3 is 0 Å². The number of amides is 1. The summed E-state index contributed by atoms with van der Waals surface area (Å²) >= 11 is 0. The Bertz CT molecular complexity index is 275. The molecular formula is C11H21N3O. The number of carbonyl (C=O) groups is 1. The molecule has 0 aromatic heterocycles. The average molecular weight is 211 g/mol. The summed E-state index contributed by atoms with van der Waals surface area (Å²) < 4.78 is 0. The zero-order valence-corrected chi connectivity index (χ0v) is 10.1. The molecule has 15 heavy (non-hydrogen) atoms. The van der Waals surface area contributed by atoms with E-state index in [4.69, 9.17) is 0 Å². The van der Waals surface area contributed by atoms with Crippen molar-refractivity contribution in [3.63, 3.8) is 0 Å². The molecule has 2 saturated heterocycles. The van der Waals surface area contributed by atoms with Crippen LogP contribution >= 0.6 is 0 Å². The predicted octanol–water partition coefficient (Wildman–Crippen LogP) is 0.247. The van der Waals surface area contributed by atoms with E-state index >= 15 is 0 Å². The number of nitrogens with one attached hydrogen (secondary N) is 1. The van der Waals surface area contributed by atoms with Crippen molar-refractivity contribution >= 4 is 5.91 Å². The van der Waals surface area contributed by atoms with Gasteiger partial charge in [-0.25, -0.2) is 0 Å². The number of nitrogens with zero attached hydrogens (tertiary/aromatic N) is 2. The second-order valence-electron chi connectivity index (χ2n) is 5.35. The number of hydrogen-bond acceptors (Lipinski definition) is 3. The highest BCUT2D eigenvalue weighted by Gasteiger charge is 2.47. The summed E-state index contributed by atoms with van der Waals surface area (Å²) in [5, 5.41) is 3.05. The van der Waals surface area contributed by atoms with Gasteiger partial charge in [0.05, 0.1) is 5.66 Å². The van der Waals surface area contributed by atoms with Crippen molar-refractivity contribution in [3.05, 3.63) is 0 Å². The van der Waals surface area contributed by atoms with Crippen molar-refractivity contribution in [1.29, 1.82) is 0 Å². The van der Waals surface area contributed by atoms with Gasteiger partial charge in [-0.2, -0.15) is 0 Å². The highest BCUT2D eigenvalue weighted by Crippen LogP contribution is 2.26. The molecule has 2 heterocycles. The van der Waals surface area contributed by atoms with E-state index in [-0.39, 0.29) is 17.6 Å². The Balaban J connectivity index is 2.12. The summed E-state index contributed by atoms with van der Waals surface area (Å²) in [6.45, 7) is 11.4. The van der Waals surface area contributed by atoms with E-state index in [0.29, 0.717) is 6.04 Å². The average Bonchev–Trinajstić information content (AvgIpc) is 2.37. The van der Waals surface area contributed by atoms with Crippen LogP contribution in [0, 0.1) is 0 Å². The highest BCUT2D eigenvalue weighted by atomic mass is 16.2. The molecule has 1 unspecified atom stereocenters. The molecule has 4 heteroatoms. The van der Waals surface area contributed by atoms with Crippen LogP contribution in [0.25, 0.3) is 0 Å². The van der Waals surface area contributed by atoms with E-state index in [9.17, 15) is 4.79 Å². The fraction of sp³-hybridized carbons (Fsp3) is 0.909. The van der Waals surface area contributed by atoms with Gasteiger partial charge in [-0.1, -0.05) is 0 Å². The van der Waals surface area contributed by atoms with E-state index in [1.807, 2.05) is 0 Å². The monoisotopic (exact) mass is 211 g/mol. The summed E-state index contributed by atoms with van der Waals surface area (Å²) in [5.41, 5.74) is -0.162. The minimum absolute atomic E-state index is 0.0520. The van der Waals surface area contributed by atoms with Crippen LogP contribution in [0.4, 0.5) is 0 Å². The van der Waals surface area contributed by atoms with Crippen LogP contribution in [0.5, 0.6) is 0 Å². The first-order valence-corrected chi connectivity index (χ1v) is 5.74. The molecule has 2 aliphatic rings. The summed E-state index contributed by atoms with van der Waals surface area (Å²) in [6, 6.07) is 0.583. The van der Waals surface area contributed by atoms with Gasteiger partial charge in [-0.3, -0.25) is 14.6 Å². The molecule has 0 spiro atoms. The molecule has 2 rings (SSSR count). The Morgan fingerprint density at radius 2 is 2.07 bits per heavy atom. The predicted molar refractivity (Wildman–Crippen MR) is 59.4 cm³/mol. The van der Waals surface area contributed by atoms with Crippen molar-refractivity contribution in [2.45, 2.75) is 45.4 Å². The molecule has 0 aliphatic carbocycles. The zero-order valence-electron chi connectivity index (χ0n) is 10.1. The van der Waals surface area contributed by atoms with Gasteiger partial charge in [-0.05, 0) is 27.7 Å². The molecule has 1 atom stereocenters. The Morgan fingerprint density at radius 3 is 2.67 bits per heavy atom. The van der Waals surface area contributed by atoms with Gasteiger partial charge in [-0.15, -0.1) is 0 Å². The molecule has 86 valence electrons. The molecule has 4 nitrogen and oxygen atoms in total. The fourth-order valence-electron chi connectivity index (χ4n) is 2.62. The third kappa shape index (κ3) is 1.76. The molecule has 0 saturated carbocycles. The lowest BCUT2D eigenvalue weighted by molar-refractivity contribution is -0.123. The molecular weight excluding hydrogens is 190 g/mol. The topological polar surface area (TPSA) is 35.6 Å². The third-order valence-electron chi connectivity index (χ3n) is 3.59. The third-order valence-corrected chi connectivity index (χ3v) is 3.59. The van der Waals surface area contributed by atoms with Gasteiger partial charge in [0.15, 0.2) is 0 Å². The Labute approximate surface area is 91.6 Å². The van der Waals surface area contributed by atoms with Crippen molar-refractivity contribution in [2.75, 3.05) is 19.6 Å². The van der Waals surface area contributed by atoms with Gasteiger partial charge in [0.25, 0.3) is 0 Å². The lowest BCUT2D eigenvalue weighted by Gasteiger charge is -2.42. The molecule has 0 radical (unpaired) electrons.